The van der Waals surface area contributed by atoms with Gasteiger partial charge in [-0.3, -0.25) is 9.59 Å². The van der Waals surface area contributed by atoms with Crippen molar-refractivity contribution >= 4 is 27.6 Å². The fourth-order valence-corrected chi connectivity index (χ4v) is 2.90. The second-order valence-electron chi connectivity index (χ2n) is 5.64. The lowest BCUT2D eigenvalue weighted by atomic mass is 9.97. The largest absolute Gasteiger partial charge is 0.342 e. The quantitative estimate of drug-likeness (QED) is 0.385. The Bertz CT molecular complexity index is 643. The molecule has 3 nitrogen and oxygen atoms in total. The van der Waals surface area contributed by atoms with E-state index >= 15 is 0 Å². The molecule has 0 saturated carbocycles. The second-order valence-corrected chi connectivity index (χ2v) is 6.43. The number of hydrogen-bond donors (Lipinski definition) is 1. The molecule has 1 N–H and O–H groups in total. The van der Waals surface area contributed by atoms with Gasteiger partial charge in [0.15, 0.2) is 5.78 Å². The maximum absolute atomic E-state index is 12.8. The molecule has 0 heterocycles. The average molecular weight is 388 g/mol. The zero-order valence-electron chi connectivity index (χ0n) is 13.6. The molecule has 0 aliphatic carbocycles. The standard InChI is InChI=1S/C20H22BrNO2/c21-15-9-3-8-14-18(23)22-19(16-10-4-1-5-11-16)20(24)17-12-6-2-7-13-17/h1-2,4-7,10-13,19H,3,8-9,14-15H2,(H,22,23). The summed E-state index contributed by atoms with van der Waals surface area (Å²) in [5.74, 6) is -0.168. The van der Waals surface area contributed by atoms with Gasteiger partial charge in [0.05, 0.1) is 0 Å². The molecule has 0 saturated heterocycles. The molecular weight excluding hydrogens is 366 g/mol. The highest BCUT2D eigenvalue weighted by atomic mass is 79.9. The number of carbonyl (C=O) groups is 2. The minimum Gasteiger partial charge on any atom is -0.342 e. The Kier molecular flexibility index (Phi) is 7.69. The number of halogens is 1. The molecule has 0 aliphatic rings. The number of amides is 1. The van der Waals surface area contributed by atoms with Crippen LogP contribution in [0, 0.1) is 0 Å². The molecule has 0 aromatic heterocycles. The van der Waals surface area contributed by atoms with Crippen molar-refractivity contribution in [3.8, 4) is 0 Å². The molecule has 0 radical (unpaired) electrons. The first kappa shape index (κ1) is 18.4. The van der Waals surface area contributed by atoms with E-state index in [0.717, 1.165) is 30.2 Å². The van der Waals surface area contributed by atoms with E-state index in [2.05, 4.69) is 21.2 Å². The number of Topliss-reactive ketones (excluding diaryl/α,β-unsaturated/α-hetero) is 1. The van der Waals surface area contributed by atoms with Gasteiger partial charge in [0, 0.05) is 17.3 Å². The van der Waals surface area contributed by atoms with E-state index in [1.165, 1.54) is 0 Å². The summed E-state index contributed by atoms with van der Waals surface area (Å²) in [4.78, 5) is 25.1. The zero-order valence-corrected chi connectivity index (χ0v) is 15.2. The number of nitrogens with one attached hydrogen (secondary N) is 1. The highest BCUT2D eigenvalue weighted by Gasteiger charge is 2.23. The number of ketones is 1. The summed E-state index contributed by atoms with van der Waals surface area (Å²) in [6.45, 7) is 0. The summed E-state index contributed by atoms with van der Waals surface area (Å²) < 4.78 is 0. The summed E-state index contributed by atoms with van der Waals surface area (Å²) in [5.41, 5.74) is 1.41. The number of alkyl halides is 1. The Labute approximate surface area is 151 Å². The molecule has 24 heavy (non-hydrogen) atoms. The highest BCUT2D eigenvalue weighted by molar-refractivity contribution is 9.09. The van der Waals surface area contributed by atoms with Crippen LogP contribution in [0.4, 0.5) is 0 Å². The molecule has 1 amide bonds. The fourth-order valence-electron chi connectivity index (χ4n) is 2.50. The number of unbranched alkanes of at least 4 members (excludes halogenated alkanes) is 2. The lowest BCUT2D eigenvalue weighted by Gasteiger charge is -2.18. The van der Waals surface area contributed by atoms with E-state index in [1.54, 1.807) is 12.1 Å². The van der Waals surface area contributed by atoms with Crippen LogP contribution in [0.15, 0.2) is 60.7 Å². The van der Waals surface area contributed by atoms with Crippen LogP contribution in [-0.2, 0) is 4.79 Å². The normalized spacial score (nSPS) is 11.7. The minimum absolute atomic E-state index is 0.0808. The summed E-state index contributed by atoms with van der Waals surface area (Å²) in [6.07, 6.45) is 3.33. The fraction of sp³-hybridized carbons (Fsp3) is 0.300. The lowest BCUT2D eigenvalue weighted by Crippen LogP contribution is -2.33. The smallest absolute Gasteiger partial charge is 0.220 e. The number of carbonyl (C=O) groups excluding carboxylic acids is 2. The van der Waals surface area contributed by atoms with Gasteiger partial charge in [0.1, 0.15) is 6.04 Å². The van der Waals surface area contributed by atoms with Crippen LogP contribution in [0.2, 0.25) is 0 Å². The van der Waals surface area contributed by atoms with E-state index in [4.69, 9.17) is 0 Å². The van der Waals surface area contributed by atoms with Crippen LogP contribution >= 0.6 is 15.9 Å². The van der Waals surface area contributed by atoms with E-state index < -0.39 is 6.04 Å². The zero-order chi connectivity index (χ0) is 17.2. The summed E-state index contributed by atoms with van der Waals surface area (Å²) in [5, 5.41) is 3.86. The van der Waals surface area contributed by atoms with Crippen molar-refractivity contribution < 1.29 is 9.59 Å². The first-order chi connectivity index (χ1) is 11.7. The van der Waals surface area contributed by atoms with Crippen molar-refractivity contribution in [3.05, 3.63) is 71.8 Å². The van der Waals surface area contributed by atoms with Crippen LogP contribution in [0.5, 0.6) is 0 Å². The third kappa shape index (κ3) is 5.60. The Morgan fingerprint density at radius 1 is 0.875 bits per heavy atom. The average Bonchev–Trinajstić information content (AvgIpc) is 2.64. The maximum Gasteiger partial charge on any atom is 0.220 e. The summed E-state index contributed by atoms with van der Waals surface area (Å²) in [7, 11) is 0. The predicted molar refractivity (Wildman–Crippen MR) is 100 cm³/mol. The van der Waals surface area contributed by atoms with Gasteiger partial charge in [0.2, 0.25) is 5.91 Å². The molecule has 0 spiro atoms. The first-order valence-electron chi connectivity index (χ1n) is 8.22. The second kappa shape index (κ2) is 10.0. The third-order valence-corrected chi connectivity index (χ3v) is 4.36. The van der Waals surface area contributed by atoms with Gasteiger partial charge in [0.25, 0.3) is 0 Å². The Balaban J connectivity index is 2.09. The number of hydrogen-bond acceptors (Lipinski definition) is 2. The third-order valence-electron chi connectivity index (χ3n) is 3.80. The molecule has 1 unspecified atom stereocenters. The van der Waals surface area contributed by atoms with Gasteiger partial charge in [-0.1, -0.05) is 83.0 Å². The van der Waals surface area contributed by atoms with Gasteiger partial charge in [-0.05, 0) is 18.4 Å². The first-order valence-corrected chi connectivity index (χ1v) is 9.34. The van der Waals surface area contributed by atoms with Crippen LogP contribution in [0.25, 0.3) is 0 Å². The Hall–Kier alpha value is -1.94. The van der Waals surface area contributed by atoms with Gasteiger partial charge < -0.3 is 5.32 Å². The predicted octanol–water partition coefficient (Wildman–Crippen LogP) is 4.68. The Morgan fingerprint density at radius 3 is 2.12 bits per heavy atom. The molecule has 4 heteroatoms. The van der Waals surface area contributed by atoms with Crippen molar-refractivity contribution in [1.29, 1.82) is 0 Å². The molecule has 0 fully saturated rings. The topological polar surface area (TPSA) is 46.2 Å². The molecule has 126 valence electrons. The van der Waals surface area contributed by atoms with Crippen molar-refractivity contribution in [3.63, 3.8) is 0 Å². The van der Waals surface area contributed by atoms with Crippen LogP contribution in [0.3, 0.4) is 0 Å². The molecule has 0 bridgehead atoms. The minimum atomic E-state index is -0.641. The number of rotatable bonds is 9. The van der Waals surface area contributed by atoms with Crippen LogP contribution in [-0.4, -0.2) is 17.0 Å². The molecule has 2 rings (SSSR count). The summed E-state index contributed by atoms with van der Waals surface area (Å²) in [6, 6.07) is 17.8. The van der Waals surface area contributed by atoms with Crippen LogP contribution in [0.1, 0.15) is 47.6 Å². The monoisotopic (exact) mass is 387 g/mol. The van der Waals surface area contributed by atoms with Crippen molar-refractivity contribution in [2.45, 2.75) is 31.7 Å². The summed E-state index contributed by atoms with van der Waals surface area (Å²) >= 11 is 3.39. The van der Waals surface area contributed by atoms with Gasteiger partial charge >= 0.3 is 0 Å². The Morgan fingerprint density at radius 2 is 1.50 bits per heavy atom. The van der Waals surface area contributed by atoms with Crippen molar-refractivity contribution in [2.75, 3.05) is 5.33 Å². The lowest BCUT2D eigenvalue weighted by molar-refractivity contribution is -0.121. The maximum atomic E-state index is 12.8. The molecule has 2 aromatic rings. The SMILES string of the molecule is O=C(CCCCCBr)NC(C(=O)c1ccccc1)c1ccccc1. The molecule has 0 aliphatic heterocycles. The van der Waals surface area contributed by atoms with Crippen molar-refractivity contribution in [2.24, 2.45) is 0 Å². The van der Waals surface area contributed by atoms with Gasteiger partial charge in [-0.25, -0.2) is 0 Å². The molecule has 2 aromatic carbocycles. The number of benzene rings is 2. The van der Waals surface area contributed by atoms with Gasteiger partial charge in [-0.15, -0.1) is 0 Å². The van der Waals surface area contributed by atoms with E-state index in [0.29, 0.717) is 12.0 Å². The van der Waals surface area contributed by atoms with E-state index in [9.17, 15) is 9.59 Å². The van der Waals surface area contributed by atoms with Crippen molar-refractivity contribution in [1.82, 2.24) is 5.32 Å². The highest BCUT2D eigenvalue weighted by Crippen LogP contribution is 2.19. The molecular formula is C20H22BrNO2. The van der Waals surface area contributed by atoms with E-state index in [1.807, 2.05) is 48.5 Å². The van der Waals surface area contributed by atoms with E-state index in [-0.39, 0.29) is 11.7 Å². The van der Waals surface area contributed by atoms with Crippen LogP contribution < -0.4 is 5.32 Å². The molecule has 1 atom stereocenters. The van der Waals surface area contributed by atoms with Gasteiger partial charge in [-0.2, -0.15) is 0 Å².